The Labute approximate surface area is 184 Å². The Balaban J connectivity index is 2.34. The molecule has 0 aliphatic heterocycles. The molecule has 0 saturated carbocycles. The Morgan fingerprint density at radius 3 is 2.37 bits per heavy atom. The third-order valence-corrected chi connectivity index (χ3v) is 6.51. The molecule has 0 bridgehead atoms. The Hall–Kier alpha value is -2.25. The molecular weight excluding hydrogens is 424 g/mol. The van der Waals surface area contributed by atoms with Gasteiger partial charge in [0.1, 0.15) is 11.8 Å². The van der Waals surface area contributed by atoms with Crippen molar-refractivity contribution in [1.29, 1.82) is 0 Å². The van der Waals surface area contributed by atoms with Gasteiger partial charge in [0, 0.05) is 5.02 Å². The van der Waals surface area contributed by atoms with Gasteiger partial charge in [0.25, 0.3) is 0 Å². The van der Waals surface area contributed by atoms with E-state index in [0.717, 1.165) is 27.4 Å². The number of hydrogen-bond acceptors (Lipinski definition) is 4. The van der Waals surface area contributed by atoms with Crippen LogP contribution in [-0.2, 0) is 14.8 Å². The average molecular weight is 453 g/mol. The van der Waals surface area contributed by atoms with Crippen LogP contribution >= 0.6 is 11.6 Å². The molecule has 0 fully saturated rings. The van der Waals surface area contributed by atoms with Gasteiger partial charge in [0.15, 0.2) is 0 Å². The number of halogens is 1. The quantitative estimate of drug-likeness (QED) is 0.644. The topological polar surface area (TPSA) is 75.7 Å². The summed E-state index contributed by atoms with van der Waals surface area (Å²) in [7, 11) is -2.12. The molecule has 0 heterocycles. The summed E-state index contributed by atoms with van der Waals surface area (Å²) in [6, 6.07) is 9.50. The van der Waals surface area contributed by atoms with E-state index in [1.54, 1.807) is 39.2 Å². The molecule has 2 aromatic rings. The Morgan fingerprint density at radius 1 is 1.17 bits per heavy atom. The zero-order chi connectivity index (χ0) is 22.6. The van der Waals surface area contributed by atoms with E-state index in [1.807, 2.05) is 32.0 Å². The lowest BCUT2D eigenvalue weighted by Crippen LogP contribution is -2.48. The van der Waals surface area contributed by atoms with E-state index in [0.29, 0.717) is 22.7 Å². The van der Waals surface area contributed by atoms with E-state index in [1.165, 1.54) is 0 Å². The summed E-state index contributed by atoms with van der Waals surface area (Å²) in [6.45, 7) is 7.25. The Morgan fingerprint density at radius 2 is 1.83 bits per heavy atom. The number of anilines is 1. The number of nitrogens with zero attached hydrogens (tertiary/aromatic N) is 1. The molecule has 6 nitrogen and oxygen atoms in total. The van der Waals surface area contributed by atoms with Gasteiger partial charge >= 0.3 is 0 Å². The van der Waals surface area contributed by atoms with Gasteiger partial charge in [-0.1, -0.05) is 36.7 Å². The molecule has 2 unspecified atom stereocenters. The molecule has 0 aromatic heterocycles. The monoisotopic (exact) mass is 452 g/mol. The number of methoxy groups -OCH3 is 1. The van der Waals surface area contributed by atoms with Crippen LogP contribution < -0.4 is 14.4 Å². The van der Waals surface area contributed by atoms with E-state index >= 15 is 0 Å². The van der Waals surface area contributed by atoms with Gasteiger partial charge in [-0.05, 0) is 62.1 Å². The van der Waals surface area contributed by atoms with Gasteiger partial charge < -0.3 is 10.1 Å². The number of ether oxygens (including phenoxy) is 1. The Kier molecular flexibility index (Phi) is 7.77. The van der Waals surface area contributed by atoms with Crippen molar-refractivity contribution in [3.8, 4) is 5.75 Å². The lowest BCUT2D eigenvalue weighted by molar-refractivity contribution is -0.122. The third-order valence-electron chi connectivity index (χ3n) is 5.04. The van der Waals surface area contributed by atoms with Crippen molar-refractivity contribution in [1.82, 2.24) is 5.32 Å². The van der Waals surface area contributed by atoms with Gasteiger partial charge in [-0.25, -0.2) is 8.42 Å². The van der Waals surface area contributed by atoms with Gasteiger partial charge in [0.2, 0.25) is 15.9 Å². The highest BCUT2D eigenvalue weighted by atomic mass is 35.5. The van der Waals surface area contributed by atoms with E-state index < -0.39 is 16.1 Å². The second-order valence-corrected chi connectivity index (χ2v) is 9.66. The molecule has 2 atom stereocenters. The van der Waals surface area contributed by atoms with Gasteiger partial charge in [-0.3, -0.25) is 9.10 Å². The van der Waals surface area contributed by atoms with Crippen LogP contribution in [0.4, 0.5) is 5.69 Å². The van der Waals surface area contributed by atoms with Gasteiger partial charge in [-0.2, -0.15) is 0 Å². The van der Waals surface area contributed by atoms with Crippen molar-refractivity contribution >= 4 is 33.2 Å². The second kappa shape index (κ2) is 9.71. The summed E-state index contributed by atoms with van der Waals surface area (Å²) in [5.41, 5.74) is 2.99. The molecular formula is C22H29ClN2O4S. The number of hydrogen-bond donors (Lipinski definition) is 1. The molecule has 0 saturated heterocycles. The maximum absolute atomic E-state index is 13.1. The molecule has 0 aliphatic rings. The van der Waals surface area contributed by atoms with Crippen LogP contribution in [-0.4, -0.2) is 33.7 Å². The Bertz CT molecular complexity index is 1020. The van der Waals surface area contributed by atoms with Crippen LogP contribution in [0, 0.1) is 13.8 Å². The number of amides is 1. The fraction of sp³-hybridized carbons (Fsp3) is 0.409. The maximum Gasteiger partial charge on any atom is 0.244 e. The molecule has 8 heteroatoms. The van der Waals surface area contributed by atoms with Crippen LogP contribution in [0.5, 0.6) is 5.75 Å². The van der Waals surface area contributed by atoms with E-state index in [4.69, 9.17) is 16.3 Å². The van der Waals surface area contributed by atoms with Crippen molar-refractivity contribution in [2.24, 2.45) is 0 Å². The SMILES string of the molecule is CCC(NC(=O)C(C)N(c1cc(Cl)ccc1C)S(C)(=O)=O)c1ccc(OC)c(C)c1. The summed E-state index contributed by atoms with van der Waals surface area (Å²) in [5.74, 6) is 0.383. The summed E-state index contributed by atoms with van der Waals surface area (Å²) < 4.78 is 31.6. The van der Waals surface area contributed by atoms with Crippen LogP contribution in [0.3, 0.4) is 0 Å². The summed E-state index contributed by atoms with van der Waals surface area (Å²) in [4.78, 5) is 13.1. The molecule has 30 heavy (non-hydrogen) atoms. The first-order valence-corrected chi connectivity index (χ1v) is 11.9. The highest BCUT2D eigenvalue weighted by Crippen LogP contribution is 2.29. The first-order chi connectivity index (χ1) is 14.0. The summed E-state index contributed by atoms with van der Waals surface area (Å²) >= 11 is 6.09. The average Bonchev–Trinajstić information content (AvgIpc) is 2.67. The van der Waals surface area contributed by atoms with E-state index in [9.17, 15) is 13.2 Å². The minimum absolute atomic E-state index is 0.258. The third kappa shape index (κ3) is 5.46. The number of nitrogens with one attached hydrogen (secondary N) is 1. The van der Waals surface area contributed by atoms with Crippen molar-refractivity contribution in [3.05, 3.63) is 58.1 Å². The minimum Gasteiger partial charge on any atom is -0.496 e. The molecule has 1 amide bonds. The summed E-state index contributed by atoms with van der Waals surface area (Å²) in [5, 5.41) is 3.39. The lowest BCUT2D eigenvalue weighted by atomic mass is 10.0. The normalized spacial score (nSPS) is 13.4. The standard InChI is InChI=1S/C22H29ClN2O4S/c1-7-19(17-9-11-21(29-5)15(3)12-17)24-22(26)16(4)25(30(6,27)28)20-13-18(23)10-8-14(20)2/h8-13,16,19H,7H2,1-6H3,(H,24,26). The predicted octanol–water partition coefficient (Wildman–Crippen LogP) is 4.39. The molecule has 164 valence electrons. The molecule has 2 aromatic carbocycles. The van der Waals surface area contributed by atoms with Crippen LogP contribution in [0.25, 0.3) is 0 Å². The minimum atomic E-state index is -3.73. The maximum atomic E-state index is 13.1. The first-order valence-electron chi connectivity index (χ1n) is 9.70. The molecule has 0 aliphatic carbocycles. The predicted molar refractivity (Wildman–Crippen MR) is 122 cm³/mol. The largest absolute Gasteiger partial charge is 0.496 e. The second-order valence-electron chi connectivity index (χ2n) is 7.36. The number of benzene rings is 2. The van der Waals surface area contributed by atoms with Gasteiger partial charge in [0.05, 0.1) is 25.1 Å². The van der Waals surface area contributed by atoms with Crippen LogP contribution in [0.1, 0.15) is 43.0 Å². The molecule has 1 N–H and O–H groups in total. The summed E-state index contributed by atoms with van der Waals surface area (Å²) in [6.07, 6.45) is 1.74. The highest BCUT2D eigenvalue weighted by Gasteiger charge is 2.31. The number of aryl methyl sites for hydroxylation is 2. The molecule has 0 radical (unpaired) electrons. The molecule has 2 rings (SSSR count). The first kappa shape index (κ1) is 24.0. The zero-order valence-electron chi connectivity index (χ0n) is 18.2. The van der Waals surface area contributed by atoms with Crippen molar-refractivity contribution in [2.45, 2.75) is 46.2 Å². The lowest BCUT2D eigenvalue weighted by Gasteiger charge is -2.31. The highest BCUT2D eigenvalue weighted by molar-refractivity contribution is 7.92. The van der Waals surface area contributed by atoms with Gasteiger partial charge in [-0.15, -0.1) is 0 Å². The van der Waals surface area contributed by atoms with E-state index in [2.05, 4.69) is 5.32 Å². The van der Waals surface area contributed by atoms with E-state index in [-0.39, 0.29) is 11.9 Å². The van der Waals surface area contributed by atoms with Crippen LogP contribution in [0.2, 0.25) is 5.02 Å². The van der Waals surface area contributed by atoms with Crippen molar-refractivity contribution in [3.63, 3.8) is 0 Å². The van der Waals surface area contributed by atoms with Crippen LogP contribution in [0.15, 0.2) is 36.4 Å². The molecule has 0 spiro atoms. The smallest absolute Gasteiger partial charge is 0.244 e. The zero-order valence-corrected chi connectivity index (χ0v) is 19.8. The number of carbonyl (C=O) groups is 1. The van der Waals surface area contributed by atoms with Crippen molar-refractivity contribution < 1.29 is 17.9 Å². The fourth-order valence-electron chi connectivity index (χ4n) is 3.43. The number of carbonyl (C=O) groups excluding carboxylic acids is 1. The number of sulfonamides is 1. The van der Waals surface area contributed by atoms with Crippen molar-refractivity contribution in [2.75, 3.05) is 17.7 Å². The number of rotatable bonds is 8. The fourth-order valence-corrected chi connectivity index (χ4v) is 4.82.